The Morgan fingerprint density at radius 2 is 1.96 bits per heavy atom. The largest absolute Gasteiger partial charge is 0.497 e. The SMILES string of the molecule is COc1ccc(NC(=O)C2=C(C)NC(=S)NC2c2cc(Br)ccc2F)cc1. The van der Waals surface area contributed by atoms with Crippen molar-refractivity contribution in [3.05, 3.63) is 69.6 Å². The molecule has 1 amide bonds. The minimum Gasteiger partial charge on any atom is -0.497 e. The van der Waals surface area contributed by atoms with E-state index in [0.29, 0.717) is 37.9 Å². The Morgan fingerprint density at radius 1 is 1.26 bits per heavy atom. The third-order valence-electron chi connectivity index (χ3n) is 4.13. The predicted molar refractivity (Wildman–Crippen MR) is 110 cm³/mol. The molecular weight excluding hydrogens is 433 g/mol. The smallest absolute Gasteiger partial charge is 0.255 e. The fourth-order valence-electron chi connectivity index (χ4n) is 2.84. The number of ether oxygens (including phenoxy) is 1. The zero-order valence-corrected chi connectivity index (χ0v) is 17.0. The lowest BCUT2D eigenvalue weighted by Crippen LogP contribution is -2.46. The predicted octanol–water partition coefficient (Wildman–Crippen LogP) is 4.03. The minimum absolute atomic E-state index is 0.326. The van der Waals surface area contributed by atoms with Gasteiger partial charge >= 0.3 is 0 Å². The quantitative estimate of drug-likeness (QED) is 0.615. The number of anilines is 1. The van der Waals surface area contributed by atoms with Crippen molar-refractivity contribution in [1.29, 1.82) is 0 Å². The second kappa shape index (κ2) is 8.06. The molecule has 1 aliphatic heterocycles. The van der Waals surface area contributed by atoms with Crippen LogP contribution in [0.25, 0.3) is 0 Å². The van der Waals surface area contributed by atoms with E-state index in [2.05, 4.69) is 31.9 Å². The van der Waals surface area contributed by atoms with Crippen LogP contribution < -0.4 is 20.7 Å². The van der Waals surface area contributed by atoms with Gasteiger partial charge in [0.15, 0.2) is 5.11 Å². The normalized spacial score (nSPS) is 16.4. The first-order valence-electron chi connectivity index (χ1n) is 8.07. The Labute approximate surface area is 170 Å². The van der Waals surface area contributed by atoms with Gasteiger partial charge in [-0.25, -0.2) is 4.39 Å². The molecule has 0 aliphatic carbocycles. The fourth-order valence-corrected chi connectivity index (χ4v) is 3.49. The van der Waals surface area contributed by atoms with E-state index < -0.39 is 11.9 Å². The lowest BCUT2D eigenvalue weighted by atomic mass is 9.94. The van der Waals surface area contributed by atoms with Crippen molar-refractivity contribution >= 4 is 44.9 Å². The van der Waals surface area contributed by atoms with Crippen molar-refractivity contribution in [2.24, 2.45) is 0 Å². The summed E-state index contributed by atoms with van der Waals surface area (Å²) in [6.45, 7) is 1.74. The number of benzene rings is 2. The maximum Gasteiger partial charge on any atom is 0.255 e. The van der Waals surface area contributed by atoms with Crippen LogP contribution in [0.3, 0.4) is 0 Å². The minimum atomic E-state index is -0.713. The van der Waals surface area contributed by atoms with E-state index in [9.17, 15) is 9.18 Å². The maximum absolute atomic E-state index is 14.5. The lowest BCUT2D eigenvalue weighted by Gasteiger charge is -2.30. The highest BCUT2D eigenvalue weighted by Crippen LogP contribution is 2.31. The Kier molecular flexibility index (Phi) is 5.76. The summed E-state index contributed by atoms with van der Waals surface area (Å²) in [5.74, 6) is -0.101. The first-order valence-corrected chi connectivity index (χ1v) is 9.28. The fraction of sp³-hybridized carbons (Fsp3) is 0.158. The van der Waals surface area contributed by atoms with E-state index in [1.807, 2.05) is 0 Å². The zero-order chi connectivity index (χ0) is 19.6. The molecule has 1 aliphatic rings. The molecule has 5 nitrogen and oxygen atoms in total. The second-order valence-electron chi connectivity index (χ2n) is 5.92. The number of carbonyl (C=O) groups is 1. The summed E-state index contributed by atoms with van der Waals surface area (Å²) in [5, 5.41) is 9.08. The Bertz CT molecular complexity index is 931. The highest BCUT2D eigenvalue weighted by atomic mass is 79.9. The van der Waals surface area contributed by atoms with E-state index in [4.69, 9.17) is 17.0 Å². The van der Waals surface area contributed by atoms with E-state index in [-0.39, 0.29) is 5.91 Å². The van der Waals surface area contributed by atoms with Crippen LogP contribution in [0.4, 0.5) is 10.1 Å². The highest BCUT2D eigenvalue weighted by molar-refractivity contribution is 9.10. The van der Waals surface area contributed by atoms with Gasteiger partial charge in [-0.3, -0.25) is 4.79 Å². The molecule has 3 rings (SSSR count). The number of rotatable bonds is 4. The number of hydrogen-bond donors (Lipinski definition) is 3. The van der Waals surface area contributed by atoms with Crippen LogP contribution in [0, 0.1) is 5.82 Å². The average Bonchev–Trinajstić information content (AvgIpc) is 2.63. The van der Waals surface area contributed by atoms with Crippen molar-refractivity contribution in [2.75, 3.05) is 12.4 Å². The summed E-state index contributed by atoms with van der Waals surface area (Å²) in [6.07, 6.45) is 0. The van der Waals surface area contributed by atoms with Crippen LogP contribution in [0.5, 0.6) is 5.75 Å². The molecule has 0 fully saturated rings. The first-order chi connectivity index (χ1) is 12.9. The van der Waals surface area contributed by atoms with E-state index in [0.717, 1.165) is 0 Å². The molecule has 1 heterocycles. The van der Waals surface area contributed by atoms with Gasteiger partial charge in [-0.2, -0.15) is 0 Å². The summed E-state index contributed by atoms with van der Waals surface area (Å²) in [4.78, 5) is 13.0. The van der Waals surface area contributed by atoms with Crippen molar-refractivity contribution in [2.45, 2.75) is 13.0 Å². The van der Waals surface area contributed by atoms with Gasteiger partial charge in [0.05, 0.1) is 18.7 Å². The molecule has 0 saturated heterocycles. The molecular formula is C19H17BrFN3O2S. The number of amides is 1. The summed E-state index contributed by atoms with van der Waals surface area (Å²) in [5.41, 5.74) is 1.85. The molecule has 8 heteroatoms. The van der Waals surface area contributed by atoms with Crippen LogP contribution in [0.15, 0.2) is 58.2 Å². The molecule has 0 bridgehead atoms. The van der Waals surface area contributed by atoms with Crippen molar-refractivity contribution in [1.82, 2.24) is 10.6 Å². The Morgan fingerprint density at radius 3 is 2.63 bits per heavy atom. The number of allylic oxidation sites excluding steroid dienone is 1. The highest BCUT2D eigenvalue weighted by Gasteiger charge is 2.31. The van der Waals surface area contributed by atoms with Gasteiger partial charge in [0.1, 0.15) is 11.6 Å². The standard InChI is InChI=1S/C19H17BrFN3O2S/c1-10-16(18(25)23-12-4-6-13(26-2)7-5-12)17(24-19(27)22-10)14-9-11(20)3-8-15(14)21/h3-9,17H,1-2H3,(H,23,25)(H2,22,24,27). The van der Waals surface area contributed by atoms with Crippen LogP contribution in [-0.4, -0.2) is 18.1 Å². The number of hydrogen-bond acceptors (Lipinski definition) is 3. The molecule has 27 heavy (non-hydrogen) atoms. The molecule has 2 aromatic rings. The molecule has 2 aromatic carbocycles. The molecule has 140 valence electrons. The maximum atomic E-state index is 14.5. The number of halogens is 2. The third-order valence-corrected chi connectivity index (χ3v) is 4.84. The second-order valence-corrected chi connectivity index (χ2v) is 7.24. The van der Waals surface area contributed by atoms with Crippen LogP contribution in [0.2, 0.25) is 0 Å². The van der Waals surface area contributed by atoms with E-state index >= 15 is 0 Å². The molecule has 0 radical (unpaired) electrons. The summed E-state index contributed by atoms with van der Waals surface area (Å²) >= 11 is 8.54. The van der Waals surface area contributed by atoms with Gasteiger partial charge in [0.25, 0.3) is 5.91 Å². The van der Waals surface area contributed by atoms with Gasteiger partial charge in [0.2, 0.25) is 0 Å². The van der Waals surface area contributed by atoms with Crippen LogP contribution in [-0.2, 0) is 4.79 Å². The number of nitrogens with one attached hydrogen (secondary N) is 3. The van der Waals surface area contributed by atoms with Crippen LogP contribution >= 0.6 is 28.1 Å². The topological polar surface area (TPSA) is 62.4 Å². The monoisotopic (exact) mass is 449 g/mol. The summed E-state index contributed by atoms with van der Waals surface area (Å²) in [7, 11) is 1.57. The van der Waals surface area contributed by atoms with Gasteiger partial charge < -0.3 is 20.7 Å². The summed E-state index contributed by atoms with van der Waals surface area (Å²) < 4.78 is 20.3. The molecule has 0 spiro atoms. The molecule has 1 unspecified atom stereocenters. The number of carbonyl (C=O) groups excluding carboxylic acids is 1. The van der Waals surface area contributed by atoms with Gasteiger partial charge in [-0.05, 0) is 61.6 Å². The molecule has 0 saturated carbocycles. The summed E-state index contributed by atoms with van der Waals surface area (Å²) in [6, 6.07) is 10.8. The Hall–Kier alpha value is -2.45. The first kappa shape index (κ1) is 19.3. The molecule has 1 atom stereocenters. The van der Waals surface area contributed by atoms with E-state index in [1.54, 1.807) is 50.4 Å². The van der Waals surface area contributed by atoms with E-state index in [1.165, 1.54) is 6.07 Å². The zero-order valence-electron chi connectivity index (χ0n) is 14.6. The van der Waals surface area contributed by atoms with Gasteiger partial charge in [-0.1, -0.05) is 15.9 Å². The van der Waals surface area contributed by atoms with Crippen molar-refractivity contribution < 1.29 is 13.9 Å². The molecule has 0 aromatic heterocycles. The van der Waals surface area contributed by atoms with Gasteiger partial charge in [-0.15, -0.1) is 0 Å². The lowest BCUT2D eigenvalue weighted by molar-refractivity contribution is -0.113. The Balaban J connectivity index is 1.95. The van der Waals surface area contributed by atoms with Crippen molar-refractivity contribution in [3.63, 3.8) is 0 Å². The van der Waals surface area contributed by atoms with Crippen LogP contribution in [0.1, 0.15) is 18.5 Å². The third kappa shape index (κ3) is 4.28. The number of methoxy groups -OCH3 is 1. The molecule has 3 N–H and O–H groups in total. The van der Waals surface area contributed by atoms with Crippen molar-refractivity contribution in [3.8, 4) is 5.75 Å². The van der Waals surface area contributed by atoms with Gasteiger partial charge in [0, 0.05) is 21.4 Å². The number of thiocarbonyl (C=S) groups is 1. The average molecular weight is 450 g/mol.